The van der Waals surface area contributed by atoms with Crippen molar-refractivity contribution in [3.63, 3.8) is 0 Å². The molecule has 3 aromatic rings. The highest BCUT2D eigenvalue weighted by atomic mass is 127. The fraction of sp³-hybridized carbons (Fsp3) is 0.143. The van der Waals surface area contributed by atoms with E-state index in [0.717, 1.165) is 21.1 Å². The highest BCUT2D eigenvalue weighted by molar-refractivity contribution is 14.1. The molecule has 1 unspecified atom stereocenters. The van der Waals surface area contributed by atoms with Crippen molar-refractivity contribution >= 4 is 22.6 Å². The summed E-state index contributed by atoms with van der Waals surface area (Å²) in [5.74, 6) is 0.0231. The van der Waals surface area contributed by atoms with Gasteiger partial charge in [0.1, 0.15) is 5.54 Å². The third-order valence-electron chi connectivity index (χ3n) is 4.49. The summed E-state index contributed by atoms with van der Waals surface area (Å²) in [4.78, 5) is 3.28. The number of azide groups is 1. The molecular formula is C21H18IN3. The van der Waals surface area contributed by atoms with Crippen LogP contribution in [0.5, 0.6) is 0 Å². The number of hydrogen-bond donors (Lipinski definition) is 0. The largest absolute Gasteiger partial charge is 0.106 e. The van der Waals surface area contributed by atoms with Crippen molar-refractivity contribution in [2.45, 2.75) is 11.5 Å². The first kappa shape index (κ1) is 17.5. The lowest BCUT2D eigenvalue weighted by Gasteiger charge is -2.37. The normalized spacial score (nSPS) is 12.2. The molecule has 0 amide bonds. The minimum Gasteiger partial charge on any atom is -0.0857 e. The molecule has 3 nitrogen and oxygen atoms in total. The zero-order valence-corrected chi connectivity index (χ0v) is 15.8. The molecule has 0 aliphatic carbocycles. The van der Waals surface area contributed by atoms with Crippen LogP contribution in [0.2, 0.25) is 0 Å². The van der Waals surface area contributed by atoms with Crippen LogP contribution in [-0.4, -0.2) is 4.43 Å². The molecule has 0 aromatic heterocycles. The molecule has 0 saturated heterocycles. The van der Waals surface area contributed by atoms with Gasteiger partial charge < -0.3 is 0 Å². The Bertz CT molecular complexity index is 805. The highest BCUT2D eigenvalue weighted by Crippen LogP contribution is 2.47. The summed E-state index contributed by atoms with van der Waals surface area (Å²) < 4.78 is 0.824. The van der Waals surface area contributed by atoms with Crippen molar-refractivity contribution in [2.75, 3.05) is 4.43 Å². The molecule has 0 heterocycles. The predicted molar refractivity (Wildman–Crippen MR) is 111 cm³/mol. The van der Waals surface area contributed by atoms with E-state index in [1.807, 2.05) is 78.9 Å². The summed E-state index contributed by atoms with van der Waals surface area (Å²) in [6.07, 6.45) is 0. The summed E-state index contributed by atoms with van der Waals surface area (Å²) >= 11 is 2.39. The van der Waals surface area contributed by atoms with Crippen LogP contribution in [0.25, 0.3) is 10.4 Å². The maximum absolute atomic E-state index is 9.47. The number of halogens is 1. The van der Waals surface area contributed by atoms with E-state index in [0.29, 0.717) is 0 Å². The number of nitrogens with zero attached hydrogens (tertiary/aromatic N) is 3. The zero-order valence-electron chi connectivity index (χ0n) is 13.7. The first-order valence-corrected chi connectivity index (χ1v) is 9.63. The minimum absolute atomic E-state index is 0.0231. The quantitative estimate of drug-likeness (QED) is 0.139. The molecule has 3 aromatic carbocycles. The molecule has 0 spiro atoms. The van der Waals surface area contributed by atoms with E-state index in [-0.39, 0.29) is 5.92 Å². The third-order valence-corrected chi connectivity index (χ3v) is 5.37. The van der Waals surface area contributed by atoms with E-state index < -0.39 is 5.54 Å². The number of benzene rings is 3. The Morgan fingerprint density at radius 2 is 1.24 bits per heavy atom. The number of rotatable bonds is 6. The molecular weight excluding hydrogens is 421 g/mol. The topological polar surface area (TPSA) is 48.8 Å². The predicted octanol–water partition coefficient (Wildman–Crippen LogP) is 6.46. The van der Waals surface area contributed by atoms with Crippen LogP contribution in [0, 0.1) is 0 Å². The SMILES string of the molecule is [N-]=[N+]=NC(c1ccccc1)(c1ccccc1)C(CI)c1ccccc1. The van der Waals surface area contributed by atoms with Crippen LogP contribution in [0.4, 0.5) is 0 Å². The van der Waals surface area contributed by atoms with Crippen LogP contribution >= 0.6 is 22.6 Å². The van der Waals surface area contributed by atoms with Gasteiger partial charge in [0.2, 0.25) is 0 Å². The smallest absolute Gasteiger partial charge is 0.0857 e. The summed E-state index contributed by atoms with van der Waals surface area (Å²) in [5.41, 5.74) is 11.9. The van der Waals surface area contributed by atoms with Crippen molar-refractivity contribution in [1.82, 2.24) is 0 Å². The van der Waals surface area contributed by atoms with Gasteiger partial charge >= 0.3 is 0 Å². The molecule has 25 heavy (non-hydrogen) atoms. The van der Waals surface area contributed by atoms with Gasteiger partial charge in [0, 0.05) is 15.3 Å². The molecule has 0 N–H and O–H groups in total. The Hall–Kier alpha value is -2.30. The molecule has 124 valence electrons. The van der Waals surface area contributed by atoms with Gasteiger partial charge in [-0.1, -0.05) is 119 Å². The Labute approximate surface area is 161 Å². The van der Waals surface area contributed by atoms with E-state index in [4.69, 9.17) is 0 Å². The average Bonchev–Trinajstić information content (AvgIpc) is 2.70. The Balaban J connectivity index is 2.33. The Kier molecular flexibility index (Phi) is 5.74. The van der Waals surface area contributed by atoms with Gasteiger partial charge in [-0.3, -0.25) is 0 Å². The van der Waals surface area contributed by atoms with Gasteiger partial charge in [-0.05, 0) is 22.2 Å². The maximum atomic E-state index is 9.47. The van der Waals surface area contributed by atoms with Crippen LogP contribution in [-0.2, 0) is 5.54 Å². The van der Waals surface area contributed by atoms with Gasteiger partial charge in [-0.25, -0.2) is 0 Å². The van der Waals surface area contributed by atoms with Crippen LogP contribution in [0.3, 0.4) is 0 Å². The first-order chi connectivity index (χ1) is 12.3. The summed E-state index contributed by atoms with van der Waals surface area (Å²) in [7, 11) is 0. The van der Waals surface area contributed by atoms with Crippen LogP contribution < -0.4 is 0 Å². The first-order valence-electron chi connectivity index (χ1n) is 8.11. The molecule has 0 aliphatic rings. The van der Waals surface area contributed by atoms with Gasteiger partial charge in [-0.2, -0.15) is 0 Å². The summed E-state index contributed by atoms with van der Waals surface area (Å²) in [6, 6.07) is 30.4. The van der Waals surface area contributed by atoms with Crippen LogP contribution in [0.15, 0.2) is 96.1 Å². The minimum atomic E-state index is -0.792. The second kappa shape index (κ2) is 8.19. The van der Waals surface area contributed by atoms with Crippen molar-refractivity contribution in [3.8, 4) is 0 Å². The molecule has 3 rings (SSSR count). The molecule has 1 atom stereocenters. The maximum Gasteiger partial charge on any atom is 0.106 e. The van der Waals surface area contributed by atoms with E-state index in [1.54, 1.807) is 0 Å². The number of alkyl halides is 1. The monoisotopic (exact) mass is 439 g/mol. The molecule has 0 fully saturated rings. The molecule has 0 aliphatic heterocycles. The van der Waals surface area contributed by atoms with Gasteiger partial charge in [-0.15, -0.1) is 0 Å². The lowest BCUT2D eigenvalue weighted by Crippen LogP contribution is -2.34. The standard InChI is InChI=1S/C21H18IN3/c22-16-20(17-10-4-1-5-11-17)21(24-25-23,18-12-6-2-7-13-18)19-14-8-3-9-15-19/h1-15,20H,16H2. The van der Waals surface area contributed by atoms with Gasteiger partial charge in [0.25, 0.3) is 0 Å². The van der Waals surface area contributed by atoms with E-state index in [9.17, 15) is 5.53 Å². The fourth-order valence-electron chi connectivity index (χ4n) is 3.34. The Morgan fingerprint density at radius 3 is 1.64 bits per heavy atom. The van der Waals surface area contributed by atoms with Crippen molar-refractivity contribution in [1.29, 1.82) is 0 Å². The van der Waals surface area contributed by atoms with Gasteiger partial charge in [0.05, 0.1) is 0 Å². The fourth-order valence-corrected chi connectivity index (χ4v) is 4.48. The van der Waals surface area contributed by atoms with Gasteiger partial charge in [0.15, 0.2) is 0 Å². The Morgan fingerprint density at radius 1 is 0.800 bits per heavy atom. The van der Waals surface area contributed by atoms with E-state index in [2.05, 4.69) is 44.7 Å². The third kappa shape index (κ3) is 3.41. The number of hydrogen-bond acceptors (Lipinski definition) is 1. The highest BCUT2D eigenvalue weighted by Gasteiger charge is 2.41. The van der Waals surface area contributed by atoms with Crippen LogP contribution in [0.1, 0.15) is 22.6 Å². The summed E-state index contributed by atoms with van der Waals surface area (Å²) in [5, 5.41) is 4.42. The van der Waals surface area contributed by atoms with Crippen molar-refractivity contribution in [2.24, 2.45) is 5.11 Å². The lowest BCUT2D eigenvalue weighted by atomic mass is 9.71. The molecule has 0 bridgehead atoms. The van der Waals surface area contributed by atoms with Crippen molar-refractivity contribution < 1.29 is 0 Å². The lowest BCUT2D eigenvalue weighted by molar-refractivity contribution is 0.456. The van der Waals surface area contributed by atoms with E-state index >= 15 is 0 Å². The average molecular weight is 439 g/mol. The zero-order chi connectivity index (χ0) is 17.5. The summed E-state index contributed by atoms with van der Waals surface area (Å²) in [6.45, 7) is 0. The molecule has 0 radical (unpaired) electrons. The van der Waals surface area contributed by atoms with Crippen molar-refractivity contribution in [3.05, 3.63) is 118 Å². The second-order valence-corrected chi connectivity index (χ2v) is 6.69. The molecule has 0 saturated carbocycles. The molecule has 4 heteroatoms. The second-order valence-electron chi connectivity index (χ2n) is 5.81. The van der Waals surface area contributed by atoms with E-state index in [1.165, 1.54) is 0 Å².